The minimum absolute atomic E-state index is 0.0939. The van der Waals surface area contributed by atoms with Crippen molar-refractivity contribution >= 4 is 5.91 Å². The number of ether oxygens (including phenoxy) is 1. The summed E-state index contributed by atoms with van der Waals surface area (Å²) in [5.41, 5.74) is 2.78. The minimum Gasteiger partial charge on any atom is -0.494 e. The lowest BCUT2D eigenvalue weighted by Crippen LogP contribution is -2.30. The summed E-state index contributed by atoms with van der Waals surface area (Å²) >= 11 is 0. The van der Waals surface area contributed by atoms with Gasteiger partial charge in [-0.05, 0) is 24.6 Å². The first kappa shape index (κ1) is 14.9. The molecule has 0 saturated carbocycles. The van der Waals surface area contributed by atoms with E-state index in [-0.39, 0.29) is 12.2 Å². The molecule has 1 amide bonds. The number of carbonyl (C=O) groups excluding carboxylic acids is 1. The monoisotopic (exact) mass is 291 g/mol. The lowest BCUT2D eigenvalue weighted by atomic mass is 10.1. The van der Waals surface area contributed by atoms with Crippen molar-refractivity contribution in [1.29, 1.82) is 0 Å². The molecule has 1 aromatic carbocycles. The molecule has 21 heavy (non-hydrogen) atoms. The lowest BCUT2D eigenvalue weighted by molar-refractivity contribution is 0.0948. The van der Waals surface area contributed by atoms with Crippen molar-refractivity contribution in [1.82, 2.24) is 20.4 Å². The van der Waals surface area contributed by atoms with Gasteiger partial charge in [0.2, 0.25) is 0 Å². The van der Waals surface area contributed by atoms with Gasteiger partial charge < -0.3 is 9.84 Å². The molecular weight excluding hydrogens is 274 g/mol. The van der Waals surface area contributed by atoms with E-state index >= 15 is 0 Å². The molecule has 0 spiro atoms. The highest BCUT2D eigenvalue weighted by atomic mass is 16.5. The average molecular weight is 291 g/mol. The standard InChI is InChI=1S/C13H17N5O3/c1-2-21-10-5-3-9(4-6-10)12(19)8-18-7-11(16-17-18)13(20)15-14/h3-7,12,19H,2,8,14H2,1H3,(H,15,20). The first-order valence-electron chi connectivity index (χ1n) is 6.46. The van der Waals surface area contributed by atoms with Crippen LogP contribution in [0.1, 0.15) is 29.1 Å². The van der Waals surface area contributed by atoms with Gasteiger partial charge >= 0.3 is 0 Å². The number of nitrogens with zero attached hydrogens (tertiary/aromatic N) is 3. The zero-order valence-corrected chi connectivity index (χ0v) is 11.6. The molecule has 8 nitrogen and oxygen atoms in total. The van der Waals surface area contributed by atoms with Gasteiger partial charge in [-0.2, -0.15) is 0 Å². The van der Waals surface area contributed by atoms with Crippen molar-refractivity contribution in [2.24, 2.45) is 5.84 Å². The third-order valence-electron chi connectivity index (χ3n) is 2.84. The number of rotatable bonds is 6. The normalized spacial score (nSPS) is 12.0. The zero-order valence-electron chi connectivity index (χ0n) is 11.6. The van der Waals surface area contributed by atoms with E-state index in [2.05, 4.69) is 10.3 Å². The van der Waals surface area contributed by atoms with Gasteiger partial charge in [-0.3, -0.25) is 10.2 Å². The molecule has 112 valence electrons. The van der Waals surface area contributed by atoms with Gasteiger partial charge in [0, 0.05) is 0 Å². The van der Waals surface area contributed by atoms with Crippen LogP contribution in [0.15, 0.2) is 30.5 Å². The van der Waals surface area contributed by atoms with Gasteiger partial charge in [0.25, 0.3) is 5.91 Å². The number of hydrogen-bond acceptors (Lipinski definition) is 6. The lowest BCUT2D eigenvalue weighted by Gasteiger charge is -2.11. The van der Waals surface area contributed by atoms with Crippen molar-refractivity contribution < 1.29 is 14.6 Å². The Kier molecular flexibility index (Phi) is 4.85. The predicted octanol–water partition coefficient (Wildman–Crippen LogP) is 0.0139. The van der Waals surface area contributed by atoms with E-state index in [4.69, 9.17) is 10.6 Å². The molecule has 8 heteroatoms. The van der Waals surface area contributed by atoms with E-state index in [0.717, 1.165) is 11.3 Å². The number of hydrazine groups is 1. The van der Waals surface area contributed by atoms with E-state index in [1.165, 1.54) is 10.9 Å². The summed E-state index contributed by atoms with van der Waals surface area (Å²) in [6.45, 7) is 2.67. The van der Waals surface area contributed by atoms with Crippen LogP contribution in [0.5, 0.6) is 5.75 Å². The van der Waals surface area contributed by atoms with Gasteiger partial charge in [-0.15, -0.1) is 5.10 Å². The second-order valence-corrected chi connectivity index (χ2v) is 4.32. The molecule has 0 bridgehead atoms. The fourth-order valence-electron chi connectivity index (χ4n) is 1.80. The Hall–Kier alpha value is -2.45. The first-order valence-corrected chi connectivity index (χ1v) is 6.46. The van der Waals surface area contributed by atoms with Gasteiger partial charge in [-0.25, -0.2) is 10.5 Å². The third-order valence-corrected chi connectivity index (χ3v) is 2.84. The van der Waals surface area contributed by atoms with E-state index in [1.54, 1.807) is 24.3 Å². The van der Waals surface area contributed by atoms with E-state index in [1.807, 2.05) is 12.3 Å². The molecule has 1 unspecified atom stereocenters. The minimum atomic E-state index is -0.767. The molecule has 0 aliphatic heterocycles. The van der Waals surface area contributed by atoms with Crippen molar-refractivity contribution in [2.75, 3.05) is 6.61 Å². The highest BCUT2D eigenvalue weighted by Gasteiger charge is 2.13. The number of aliphatic hydroxyl groups excluding tert-OH is 1. The molecule has 0 saturated heterocycles. The van der Waals surface area contributed by atoms with Crippen molar-refractivity contribution in [3.05, 3.63) is 41.7 Å². The van der Waals surface area contributed by atoms with Crippen LogP contribution in [0.25, 0.3) is 0 Å². The van der Waals surface area contributed by atoms with Crippen LogP contribution in [0.3, 0.4) is 0 Å². The molecule has 1 aromatic heterocycles. The number of nitrogens with two attached hydrogens (primary N) is 1. The fraction of sp³-hybridized carbons (Fsp3) is 0.308. The Morgan fingerprint density at radius 3 is 2.81 bits per heavy atom. The van der Waals surface area contributed by atoms with Gasteiger partial charge in [0.1, 0.15) is 5.75 Å². The van der Waals surface area contributed by atoms with Crippen LogP contribution >= 0.6 is 0 Å². The van der Waals surface area contributed by atoms with Crippen molar-refractivity contribution in [2.45, 2.75) is 19.6 Å². The molecule has 0 radical (unpaired) electrons. The molecule has 2 rings (SSSR count). The summed E-state index contributed by atoms with van der Waals surface area (Å²) < 4.78 is 6.72. The molecule has 0 aliphatic carbocycles. The Bertz CT molecular complexity index is 596. The highest BCUT2D eigenvalue weighted by molar-refractivity contribution is 5.91. The van der Waals surface area contributed by atoms with Crippen LogP contribution < -0.4 is 16.0 Å². The number of aliphatic hydroxyl groups is 1. The number of carbonyl (C=O) groups is 1. The number of aromatic nitrogens is 3. The van der Waals surface area contributed by atoms with E-state index in [9.17, 15) is 9.90 Å². The quantitative estimate of drug-likeness (QED) is 0.392. The summed E-state index contributed by atoms with van der Waals surface area (Å²) in [6, 6.07) is 7.13. The highest BCUT2D eigenvalue weighted by Crippen LogP contribution is 2.19. The van der Waals surface area contributed by atoms with E-state index in [0.29, 0.717) is 6.61 Å². The number of benzene rings is 1. The smallest absolute Gasteiger partial charge is 0.287 e. The maximum Gasteiger partial charge on any atom is 0.287 e. The summed E-state index contributed by atoms with van der Waals surface area (Å²) in [4.78, 5) is 11.3. The Morgan fingerprint density at radius 2 is 2.19 bits per heavy atom. The Morgan fingerprint density at radius 1 is 1.48 bits per heavy atom. The van der Waals surface area contributed by atoms with Crippen molar-refractivity contribution in [3.63, 3.8) is 0 Å². The van der Waals surface area contributed by atoms with Crippen LogP contribution in [-0.2, 0) is 6.54 Å². The Balaban J connectivity index is 2.01. The second-order valence-electron chi connectivity index (χ2n) is 4.32. The SMILES string of the molecule is CCOc1ccc(C(O)Cn2cc(C(=O)NN)nn2)cc1. The molecule has 0 aliphatic rings. The predicted molar refractivity (Wildman–Crippen MR) is 74.2 cm³/mol. The summed E-state index contributed by atoms with van der Waals surface area (Å²) in [5, 5.41) is 17.6. The fourth-order valence-corrected chi connectivity index (χ4v) is 1.80. The third kappa shape index (κ3) is 3.77. The molecule has 1 heterocycles. The number of hydrogen-bond donors (Lipinski definition) is 3. The topological polar surface area (TPSA) is 115 Å². The molecule has 2 aromatic rings. The molecule has 0 fully saturated rings. The summed E-state index contributed by atoms with van der Waals surface area (Å²) in [6.07, 6.45) is 0.649. The molecular formula is C13H17N5O3. The maximum absolute atomic E-state index is 11.3. The van der Waals surface area contributed by atoms with Crippen LogP contribution in [0.4, 0.5) is 0 Å². The van der Waals surface area contributed by atoms with E-state index < -0.39 is 12.0 Å². The van der Waals surface area contributed by atoms with Crippen LogP contribution in [0.2, 0.25) is 0 Å². The summed E-state index contributed by atoms with van der Waals surface area (Å²) in [7, 11) is 0. The average Bonchev–Trinajstić information content (AvgIpc) is 2.96. The van der Waals surface area contributed by atoms with Crippen molar-refractivity contribution in [3.8, 4) is 5.75 Å². The molecule has 1 atom stereocenters. The molecule has 4 N–H and O–H groups in total. The zero-order chi connectivity index (χ0) is 15.2. The van der Waals surface area contributed by atoms with Crippen LogP contribution in [0, 0.1) is 0 Å². The first-order chi connectivity index (χ1) is 10.1. The van der Waals surface area contributed by atoms with Gasteiger partial charge in [0.05, 0.1) is 25.5 Å². The number of amides is 1. The number of nitrogens with one attached hydrogen (secondary N) is 1. The van der Waals surface area contributed by atoms with Crippen LogP contribution in [-0.4, -0.2) is 32.6 Å². The second kappa shape index (κ2) is 6.82. The number of nitrogen functional groups attached to an aromatic ring is 1. The van der Waals surface area contributed by atoms with Gasteiger partial charge in [0.15, 0.2) is 5.69 Å². The Labute approximate surface area is 121 Å². The van der Waals surface area contributed by atoms with Gasteiger partial charge in [-0.1, -0.05) is 17.3 Å². The largest absolute Gasteiger partial charge is 0.494 e. The maximum atomic E-state index is 11.3. The summed E-state index contributed by atoms with van der Waals surface area (Å²) in [5.74, 6) is 5.22.